The molecule has 27 heavy (non-hydrogen) atoms. The van der Waals surface area contributed by atoms with E-state index in [9.17, 15) is 4.79 Å². The van der Waals surface area contributed by atoms with Crippen LogP contribution in [0.25, 0.3) is 11.3 Å². The molecule has 1 aromatic heterocycles. The molecule has 0 saturated heterocycles. The van der Waals surface area contributed by atoms with Crippen molar-refractivity contribution < 1.29 is 9.53 Å². The van der Waals surface area contributed by atoms with Crippen molar-refractivity contribution in [3.05, 3.63) is 64.5 Å². The monoisotopic (exact) mass is 378 g/mol. The lowest BCUT2D eigenvalue weighted by Gasteiger charge is -2.13. The van der Waals surface area contributed by atoms with E-state index in [1.54, 1.807) is 23.5 Å². The highest BCUT2D eigenvalue weighted by atomic mass is 32.1. The zero-order chi connectivity index (χ0) is 18.6. The van der Waals surface area contributed by atoms with Crippen molar-refractivity contribution in [1.29, 1.82) is 0 Å². The average molecular weight is 378 g/mol. The lowest BCUT2D eigenvalue weighted by molar-refractivity contribution is 0.102. The highest BCUT2D eigenvalue weighted by Crippen LogP contribution is 2.38. The zero-order valence-electron chi connectivity index (χ0n) is 15.3. The molecule has 0 spiro atoms. The molecule has 1 amide bonds. The van der Waals surface area contributed by atoms with Gasteiger partial charge in [0.25, 0.3) is 5.91 Å². The Kier molecular flexibility index (Phi) is 5.21. The topological polar surface area (TPSA) is 51.2 Å². The van der Waals surface area contributed by atoms with Gasteiger partial charge in [-0.1, -0.05) is 37.6 Å². The van der Waals surface area contributed by atoms with Crippen molar-refractivity contribution in [2.45, 2.75) is 32.6 Å². The van der Waals surface area contributed by atoms with Gasteiger partial charge in [-0.15, -0.1) is 11.3 Å². The number of thiazole rings is 1. The zero-order valence-corrected chi connectivity index (χ0v) is 16.1. The minimum atomic E-state index is -0.144. The number of aromatic nitrogens is 1. The van der Waals surface area contributed by atoms with E-state index in [-0.39, 0.29) is 5.91 Å². The predicted molar refractivity (Wildman–Crippen MR) is 110 cm³/mol. The Morgan fingerprint density at radius 3 is 2.78 bits per heavy atom. The van der Waals surface area contributed by atoms with Crippen molar-refractivity contribution in [2.24, 2.45) is 0 Å². The van der Waals surface area contributed by atoms with E-state index in [0.29, 0.717) is 17.3 Å². The number of fused-ring (bicyclic) bond motifs is 3. The minimum Gasteiger partial charge on any atom is -0.494 e. The first-order valence-electron chi connectivity index (χ1n) is 9.37. The summed E-state index contributed by atoms with van der Waals surface area (Å²) in [6.07, 6.45) is 4.13. The number of ether oxygens (including phenoxy) is 1. The van der Waals surface area contributed by atoms with Crippen LogP contribution in [0, 0.1) is 0 Å². The van der Waals surface area contributed by atoms with Crippen LogP contribution < -0.4 is 10.1 Å². The van der Waals surface area contributed by atoms with Crippen molar-refractivity contribution >= 4 is 22.4 Å². The van der Waals surface area contributed by atoms with Crippen LogP contribution in [-0.2, 0) is 12.8 Å². The number of benzene rings is 2. The second kappa shape index (κ2) is 7.92. The van der Waals surface area contributed by atoms with Crippen molar-refractivity contribution in [1.82, 2.24) is 4.98 Å². The van der Waals surface area contributed by atoms with Gasteiger partial charge < -0.3 is 4.74 Å². The Bertz CT molecular complexity index is 947. The predicted octanol–water partition coefficient (Wildman–Crippen LogP) is 5.34. The molecule has 0 fully saturated rings. The van der Waals surface area contributed by atoms with Crippen molar-refractivity contribution in [3.63, 3.8) is 0 Å². The van der Waals surface area contributed by atoms with E-state index in [1.807, 2.05) is 18.2 Å². The van der Waals surface area contributed by atoms with Crippen LogP contribution in [0.3, 0.4) is 0 Å². The molecular weight excluding hydrogens is 356 g/mol. The van der Waals surface area contributed by atoms with E-state index < -0.39 is 0 Å². The van der Waals surface area contributed by atoms with Crippen LogP contribution in [0.15, 0.2) is 48.5 Å². The van der Waals surface area contributed by atoms with Gasteiger partial charge in [-0.05, 0) is 49.1 Å². The number of carbonyl (C=O) groups excluding carboxylic acids is 1. The molecule has 0 bridgehead atoms. The van der Waals surface area contributed by atoms with Gasteiger partial charge in [-0.25, -0.2) is 4.98 Å². The maximum absolute atomic E-state index is 12.6. The van der Waals surface area contributed by atoms with Gasteiger partial charge in [0.2, 0.25) is 0 Å². The first-order valence-corrected chi connectivity index (χ1v) is 10.2. The lowest BCUT2D eigenvalue weighted by atomic mass is 9.94. The maximum atomic E-state index is 12.6. The average Bonchev–Trinajstić information content (AvgIpc) is 3.11. The summed E-state index contributed by atoms with van der Waals surface area (Å²) in [6.45, 7) is 2.83. The van der Waals surface area contributed by atoms with Crippen LogP contribution in [-0.4, -0.2) is 17.5 Å². The summed E-state index contributed by atoms with van der Waals surface area (Å²) in [5, 5.41) is 3.60. The Morgan fingerprint density at radius 2 is 1.96 bits per heavy atom. The molecule has 3 aromatic rings. The van der Waals surface area contributed by atoms with Gasteiger partial charge in [0, 0.05) is 16.0 Å². The fourth-order valence-corrected chi connectivity index (χ4v) is 4.18. The number of rotatable bonds is 6. The molecule has 1 aliphatic rings. The SMILES string of the molecule is CCCCOc1ccc(C(=O)Nc2nc3c(s2)CCc2ccccc2-3)cc1. The molecule has 4 nitrogen and oxygen atoms in total. The summed E-state index contributed by atoms with van der Waals surface area (Å²) in [5.74, 6) is 0.649. The molecule has 4 rings (SSSR count). The summed E-state index contributed by atoms with van der Waals surface area (Å²) >= 11 is 1.57. The molecule has 0 aliphatic heterocycles. The number of hydrogen-bond acceptors (Lipinski definition) is 4. The molecule has 1 aliphatic carbocycles. The number of unbranched alkanes of at least 4 members (excludes halogenated alkanes) is 1. The molecule has 1 N–H and O–H groups in total. The number of nitrogens with one attached hydrogen (secondary N) is 1. The Morgan fingerprint density at radius 1 is 1.15 bits per heavy atom. The summed E-state index contributed by atoms with van der Waals surface area (Å²) in [7, 11) is 0. The lowest BCUT2D eigenvalue weighted by Crippen LogP contribution is -2.11. The largest absolute Gasteiger partial charge is 0.494 e. The number of carbonyl (C=O) groups is 1. The molecule has 0 saturated carbocycles. The van der Waals surface area contributed by atoms with Crippen molar-refractivity contribution in [2.75, 3.05) is 11.9 Å². The van der Waals surface area contributed by atoms with Crippen LogP contribution >= 0.6 is 11.3 Å². The maximum Gasteiger partial charge on any atom is 0.257 e. The Labute approximate surface area is 163 Å². The summed E-state index contributed by atoms with van der Waals surface area (Å²) in [5.41, 5.74) is 4.12. The molecule has 0 radical (unpaired) electrons. The Balaban J connectivity index is 1.46. The van der Waals surface area contributed by atoms with Crippen LogP contribution in [0.2, 0.25) is 0 Å². The minimum absolute atomic E-state index is 0.144. The first kappa shape index (κ1) is 17.7. The third kappa shape index (κ3) is 3.88. The second-order valence-corrected chi connectivity index (χ2v) is 7.71. The third-order valence-electron chi connectivity index (χ3n) is 4.69. The quantitative estimate of drug-likeness (QED) is 0.589. The van der Waals surface area contributed by atoms with E-state index in [0.717, 1.165) is 37.1 Å². The molecule has 2 aromatic carbocycles. The van der Waals surface area contributed by atoms with E-state index in [1.165, 1.54) is 16.0 Å². The fourth-order valence-electron chi connectivity index (χ4n) is 3.21. The van der Waals surface area contributed by atoms with E-state index >= 15 is 0 Å². The van der Waals surface area contributed by atoms with Gasteiger partial charge in [0.1, 0.15) is 5.75 Å². The summed E-state index contributed by atoms with van der Waals surface area (Å²) < 4.78 is 5.65. The van der Waals surface area contributed by atoms with Crippen LogP contribution in [0.5, 0.6) is 5.75 Å². The first-order chi connectivity index (χ1) is 13.2. The third-order valence-corrected chi connectivity index (χ3v) is 5.73. The van der Waals surface area contributed by atoms with Crippen molar-refractivity contribution in [3.8, 4) is 17.0 Å². The molecule has 0 unspecified atom stereocenters. The van der Waals surface area contributed by atoms with E-state index in [4.69, 9.17) is 4.74 Å². The second-order valence-electron chi connectivity index (χ2n) is 6.63. The van der Waals surface area contributed by atoms with Gasteiger partial charge in [-0.3, -0.25) is 10.1 Å². The van der Waals surface area contributed by atoms with Crippen LogP contribution in [0.1, 0.15) is 40.6 Å². The molecule has 138 valence electrons. The summed E-state index contributed by atoms with van der Waals surface area (Å²) in [6, 6.07) is 15.6. The molecule has 0 atom stereocenters. The van der Waals surface area contributed by atoms with Crippen LogP contribution in [0.4, 0.5) is 5.13 Å². The Hall–Kier alpha value is -2.66. The fraction of sp³-hybridized carbons (Fsp3) is 0.273. The van der Waals surface area contributed by atoms with E-state index in [2.05, 4.69) is 35.4 Å². The van der Waals surface area contributed by atoms with Gasteiger partial charge >= 0.3 is 0 Å². The summed E-state index contributed by atoms with van der Waals surface area (Å²) in [4.78, 5) is 18.5. The standard InChI is InChI=1S/C22H22N2O2S/c1-2-3-14-26-17-11-8-16(9-12-17)21(25)24-22-23-20-18-7-5-4-6-15(18)10-13-19(20)27-22/h4-9,11-12H,2-3,10,13-14H2,1H3,(H,23,24,25). The van der Waals surface area contributed by atoms with Gasteiger partial charge in [0.15, 0.2) is 5.13 Å². The number of hydrogen-bond donors (Lipinski definition) is 1. The van der Waals surface area contributed by atoms with Gasteiger partial charge in [-0.2, -0.15) is 0 Å². The normalized spacial score (nSPS) is 12.2. The molecule has 1 heterocycles. The number of nitrogens with zero attached hydrogens (tertiary/aromatic N) is 1. The molecule has 5 heteroatoms. The molecular formula is C22H22N2O2S. The number of anilines is 1. The smallest absolute Gasteiger partial charge is 0.257 e. The number of aryl methyl sites for hydroxylation is 2. The van der Waals surface area contributed by atoms with Gasteiger partial charge in [0.05, 0.1) is 12.3 Å². The highest BCUT2D eigenvalue weighted by molar-refractivity contribution is 7.16. The highest BCUT2D eigenvalue weighted by Gasteiger charge is 2.21. The number of amides is 1.